The molecule has 0 saturated carbocycles. The number of amides is 1. The fourth-order valence-electron chi connectivity index (χ4n) is 2.32. The Morgan fingerprint density at radius 1 is 1.23 bits per heavy atom. The summed E-state index contributed by atoms with van der Waals surface area (Å²) in [5.41, 5.74) is -0.193. The minimum absolute atomic E-state index is 0.0794. The van der Waals surface area contributed by atoms with E-state index in [1.54, 1.807) is 18.2 Å². The normalized spacial score (nSPS) is 10.8. The molecule has 0 aliphatic heterocycles. The zero-order valence-electron chi connectivity index (χ0n) is 13.5. The predicted molar refractivity (Wildman–Crippen MR) is 89.0 cm³/mol. The smallest absolute Gasteiger partial charge is 0.387 e. The number of benzene rings is 1. The summed E-state index contributed by atoms with van der Waals surface area (Å²) < 4.78 is 35.5. The predicted octanol–water partition coefficient (Wildman–Crippen LogP) is 2.56. The second-order valence-corrected chi connectivity index (χ2v) is 5.10. The molecular weight excluding hydrogens is 348 g/mol. The first-order valence-electron chi connectivity index (χ1n) is 7.40. The number of hydrogen-bond donors (Lipinski definition) is 1. The van der Waals surface area contributed by atoms with E-state index >= 15 is 0 Å². The van der Waals surface area contributed by atoms with Gasteiger partial charge in [-0.3, -0.25) is 14.0 Å². The van der Waals surface area contributed by atoms with Gasteiger partial charge in [-0.25, -0.2) is 4.98 Å². The molecule has 7 nitrogen and oxygen atoms in total. The molecule has 9 heteroatoms. The molecule has 0 radical (unpaired) electrons. The third-order valence-electron chi connectivity index (χ3n) is 3.50. The lowest BCUT2D eigenvalue weighted by atomic mass is 10.2. The standard InChI is InChI=1S/C17H13F2N3O4/c1-25-12-6-5-10(8-13(12)26-17(18)19)21-15(23)11-9-20-14-4-2-3-7-22(14)16(11)24/h2-9,17H,1H3,(H,21,23). The molecule has 0 aliphatic carbocycles. The maximum Gasteiger partial charge on any atom is 0.387 e. The van der Waals surface area contributed by atoms with Crippen LogP contribution in [0.5, 0.6) is 11.5 Å². The average molecular weight is 361 g/mol. The Balaban J connectivity index is 1.91. The van der Waals surface area contributed by atoms with Crippen LogP contribution in [0.15, 0.2) is 53.6 Å². The molecule has 26 heavy (non-hydrogen) atoms. The van der Waals surface area contributed by atoms with Crippen molar-refractivity contribution >= 4 is 17.2 Å². The van der Waals surface area contributed by atoms with Gasteiger partial charge in [0.2, 0.25) is 0 Å². The summed E-state index contributed by atoms with van der Waals surface area (Å²) in [5.74, 6) is -0.890. The van der Waals surface area contributed by atoms with Gasteiger partial charge in [0.25, 0.3) is 11.5 Å². The average Bonchev–Trinajstić information content (AvgIpc) is 2.62. The Morgan fingerprint density at radius 2 is 2.04 bits per heavy atom. The number of alkyl halides is 2. The van der Waals surface area contributed by atoms with Gasteiger partial charge in [-0.1, -0.05) is 6.07 Å². The molecule has 134 valence electrons. The Hall–Kier alpha value is -3.49. The highest BCUT2D eigenvalue weighted by Gasteiger charge is 2.16. The van der Waals surface area contributed by atoms with Crippen LogP contribution in [0.25, 0.3) is 5.65 Å². The summed E-state index contributed by atoms with van der Waals surface area (Å²) in [5, 5.41) is 2.46. The van der Waals surface area contributed by atoms with Crippen molar-refractivity contribution in [2.75, 3.05) is 12.4 Å². The van der Waals surface area contributed by atoms with Gasteiger partial charge in [-0.2, -0.15) is 8.78 Å². The third-order valence-corrected chi connectivity index (χ3v) is 3.50. The lowest BCUT2D eigenvalue weighted by Gasteiger charge is -2.12. The highest BCUT2D eigenvalue weighted by Crippen LogP contribution is 2.31. The van der Waals surface area contributed by atoms with Crippen LogP contribution in [0.2, 0.25) is 0 Å². The fourth-order valence-corrected chi connectivity index (χ4v) is 2.32. The van der Waals surface area contributed by atoms with Crippen LogP contribution in [-0.2, 0) is 0 Å². The summed E-state index contributed by atoms with van der Waals surface area (Å²) in [7, 11) is 1.30. The topological polar surface area (TPSA) is 81.9 Å². The van der Waals surface area contributed by atoms with Crippen LogP contribution in [-0.4, -0.2) is 29.0 Å². The number of pyridine rings is 1. The number of halogens is 2. The zero-order chi connectivity index (χ0) is 18.7. The summed E-state index contributed by atoms with van der Waals surface area (Å²) >= 11 is 0. The van der Waals surface area contributed by atoms with Crippen molar-refractivity contribution in [3.8, 4) is 11.5 Å². The van der Waals surface area contributed by atoms with Gasteiger partial charge in [0.15, 0.2) is 11.5 Å². The molecule has 1 aromatic carbocycles. The van der Waals surface area contributed by atoms with Gasteiger partial charge in [0.05, 0.1) is 7.11 Å². The first kappa shape index (κ1) is 17.3. The monoisotopic (exact) mass is 361 g/mol. The van der Waals surface area contributed by atoms with Gasteiger partial charge < -0.3 is 14.8 Å². The molecule has 0 fully saturated rings. The van der Waals surface area contributed by atoms with Gasteiger partial charge >= 0.3 is 6.61 Å². The molecule has 0 bridgehead atoms. The van der Waals surface area contributed by atoms with Crippen LogP contribution < -0.4 is 20.3 Å². The molecule has 0 unspecified atom stereocenters. The molecule has 0 saturated heterocycles. The van der Waals surface area contributed by atoms with E-state index in [1.165, 1.54) is 35.9 Å². The Bertz CT molecular complexity index is 1020. The molecule has 1 N–H and O–H groups in total. The van der Waals surface area contributed by atoms with Crippen molar-refractivity contribution in [3.05, 3.63) is 64.7 Å². The van der Waals surface area contributed by atoms with E-state index in [-0.39, 0.29) is 22.7 Å². The second kappa shape index (κ2) is 7.18. The summed E-state index contributed by atoms with van der Waals surface area (Å²) in [4.78, 5) is 28.8. The van der Waals surface area contributed by atoms with E-state index in [9.17, 15) is 18.4 Å². The number of fused-ring (bicyclic) bond motifs is 1. The summed E-state index contributed by atoms with van der Waals surface area (Å²) in [6.07, 6.45) is 2.65. The first-order valence-corrected chi connectivity index (χ1v) is 7.40. The highest BCUT2D eigenvalue weighted by molar-refractivity contribution is 6.04. The van der Waals surface area contributed by atoms with Crippen molar-refractivity contribution < 1.29 is 23.0 Å². The van der Waals surface area contributed by atoms with Crippen molar-refractivity contribution in [1.82, 2.24) is 9.38 Å². The van der Waals surface area contributed by atoms with Crippen LogP contribution in [0.4, 0.5) is 14.5 Å². The van der Waals surface area contributed by atoms with E-state index in [2.05, 4.69) is 15.0 Å². The Labute approximate surface area is 145 Å². The lowest BCUT2D eigenvalue weighted by Crippen LogP contribution is -2.26. The van der Waals surface area contributed by atoms with E-state index < -0.39 is 18.1 Å². The van der Waals surface area contributed by atoms with Crippen molar-refractivity contribution in [2.24, 2.45) is 0 Å². The Morgan fingerprint density at radius 3 is 2.77 bits per heavy atom. The third kappa shape index (κ3) is 3.46. The Kier molecular flexibility index (Phi) is 4.78. The number of methoxy groups -OCH3 is 1. The van der Waals surface area contributed by atoms with E-state index in [1.807, 2.05) is 0 Å². The number of carbonyl (C=O) groups excluding carboxylic acids is 1. The maximum atomic E-state index is 12.5. The lowest BCUT2D eigenvalue weighted by molar-refractivity contribution is -0.0511. The zero-order valence-corrected chi connectivity index (χ0v) is 13.5. The van der Waals surface area contributed by atoms with E-state index in [0.29, 0.717) is 5.65 Å². The molecule has 2 heterocycles. The molecule has 3 aromatic rings. The fraction of sp³-hybridized carbons (Fsp3) is 0.118. The van der Waals surface area contributed by atoms with Crippen molar-refractivity contribution in [3.63, 3.8) is 0 Å². The quantitative estimate of drug-likeness (QED) is 0.755. The van der Waals surface area contributed by atoms with Gasteiger partial charge in [0.1, 0.15) is 11.2 Å². The SMILES string of the molecule is COc1ccc(NC(=O)c2cnc3ccccn3c2=O)cc1OC(F)F. The molecule has 0 atom stereocenters. The number of nitrogens with one attached hydrogen (secondary N) is 1. The number of hydrogen-bond acceptors (Lipinski definition) is 5. The molecule has 0 aliphatic rings. The van der Waals surface area contributed by atoms with Crippen LogP contribution >= 0.6 is 0 Å². The van der Waals surface area contributed by atoms with Gasteiger partial charge in [0, 0.05) is 24.1 Å². The van der Waals surface area contributed by atoms with Gasteiger partial charge in [-0.15, -0.1) is 0 Å². The molecular formula is C17H13F2N3O4. The largest absolute Gasteiger partial charge is 0.493 e. The number of rotatable bonds is 5. The molecule has 0 spiro atoms. The van der Waals surface area contributed by atoms with Crippen LogP contribution in [0.1, 0.15) is 10.4 Å². The number of carbonyl (C=O) groups is 1. The molecule has 1 amide bonds. The maximum absolute atomic E-state index is 12.5. The van der Waals surface area contributed by atoms with E-state index in [4.69, 9.17) is 4.74 Å². The van der Waals surface area contributed by atoms with E-state index in [0.717, 1.165) is 6.20 Å². The number of anilines is 1. The summed E-state index contributed by atoms with van der Waals surface area (Å²) in [6.45, 7) is -3.05. The van der Waals surface area contributed by atoms with Crippen molar-refractivity contribution in [1.29, 1.82) is 0 Å². The highest BCUT2D eigenvalue weighted by atomic mass is 19.3. The molecule has 2 aromatic heterocycles. The minimum atomic E-state index is -3.05. The molecule has 3 rings (SSSR count). The first-order chi connectivity index (χ1) is 12.5. The van der Waals surface area contributed by atoms with Crippen LogP contribution in [0, 0.1) is 0 Å². The van der Waals surface area contributed by atoms with Gasteiger partial charge in [-0.05, 0) is 24.3 Å². The summed E-state index contributed by atoms with van der Waals surface area (Å²) in [6, 6.07) is 8.94. The number of ether oxygens (including phenoxy) is 2. The number of aromatic nitrogens is 2. The van der Waals surface area contributed by atoms with Crippen LogP contribution in [0.3, 0.4) is 0 Å². The van der Waals surface area contributed by atoms with Crippen molar-refractivity contribution in [2.45, 2.75) is 6.61 Å². The second-order valence-electron chi connectivity index (χ2n) is 5.10. The minimum Gasteiger partial charge on any atom is -0.493 e. The number of nitrogens with zero attached hydrogens (tertiary/aromatic N) is 2.